The Bertz CT molecular complexity index is 990. The number of fused-ring (bicyclic) bond motifs is 3. The van der Waals surface area contributed by atoms with E-state index in [1.54, 1.807) is 17.8 Å². The van der Waals surface area contributed by atoms with Crippen molar-refractivity contribution >= 4 is 29.3 Å². The second kappa shape index (κ2) is 9.25. The average molecular weight is 455 g/mol. The van der Waals surface area contributed by atoms with Gasteiger partial charge in [-0.05, 0) is 25.7 Å². The van der Waals surface area contributed by atoms with E-state index in [1.165, 1.54) is 19.3 Å². The highest BCUT2D eigenvalue weighted by Crippen LogP contribution is 2.42. The first-order valence-corrected chi connectivity index (χ1v) is 12.4. The Morgan fingerprint density at radius 2 is 2.12 bits per heavy atom. The molecule has 3 aliphatic heterocycles. The van der Waals surface area contributed by atoms with Gasteiger partial charge in [-0.15, -0.1) is 11.8 Å². The van der Waals surface area contributed by atoms with E-state index in [9.17, 15) is 5.11 Å². The standard InChI is InChI=1S/C22H30N8OS/c1-13-8-18-20(32-13)21(26-19-11-15(12-31)28-29-19)27-22(25-18)24-14-9-16-4-2-5-17(10-14)30(16)7-3-6-23/h11,13-14,16-17,31H,2-5,7-10,12H2,1H3,(H3,24,25,26,27,28,29)/t13?,14-,16-,17+. The third-order valence-electron chi connectivity index (χ3n) is 6.72. The van der Waals surface area contributed by atoms with Crippen molar-refractivity contribution in [3.05, 3.63) is 17.5 Å². The number of thioether (sulfide) groups is 1. The minimum Gasteiger partial charge on any atom is -0.390 e. The van der Waals surface area contributed by atoms with Gasteiger partial charge in [0.1, 0.15) is 0 Å². The van der Waals surface area contributed by atoms with E-state index in [0.29, 0.717) is 47.3 Å². The van der Waals surface area contributed by atoms with Crippen molar-refractivity contribution in [3.8, 4) is 6.07 Å². The minimum atomic E-state index is -0.0788. The number of H-pyrrole nitrogens is 1. The molecule has 32 heavy (non-hydrogen) atoms. The van der Waals surface area contributed by atoms with Gasteiger partial charge in [-0.1, -0.05) is 13.3 Å². The van der Waals surface area contributed by atoms with Crippen LogP contribution in [0.3, 0.4) is 0 Å². The van der Waals surface area contributed by atoms with E-state index < -0.39 is 0 Å². The van der Waals surface area contributed by atoms with Crippen LogP contribution in [0.5, 0.6) is 0 Å². The van der Waals surface area contributed by atoms with Gasteiger partial charge in [0, 0.05) is 48.8 Å². The summed E-state index contributed by atoms with van der Waals surface area (Å²) in [5, 5.41) is 32.8. The lowest BCUT2D eigenvalue weighted by Gasteiger charge is -2.48. The van der Waals surface area contributed by atoms with Crippen LogP contribution in [0.25, 0.3) is 0 Å². The summed E-state index contributed by atoms with van der Waals surface area (Å²) >= 11 is 1.79. The molecule has 0 saturated carbocycles. The van der Waals surface area contributed by atoms with E-state index >= 15 is 0 Å². The number of anilines is 3. The van der Waals surface area contributed by atoms with Crippen LogP contribution in [0.15, 0.2) is 11.0 Å². The molecule has 2 fully saturated rings. The molecule has 2 aromatic heterocycles. The lowest BCUT2D eigenvalue weighted by atomic mass is 9.81. The molecule has 9 nitrogen and oxygen atoms in total. The molecule has 0 aliphatic carbocycles. The molecule has 1 unspecified atom stereocenters. The van der Waals surface area contributed by atoms with Gasteiger partial charge in [0.25, 0.3) is 0 Å². The highest BCUT2D eigenvalue weighted by atomic mass is 32.2. The van der Waals surface area contributed by atoms with Crippen LogP contribution in [0.2, 0.25) is 0 Å². The Kier molecular flexibility index (Phi) is 6.22. The van der Waals surface area contributed by atoms with Crippen molar-refractivity contribution in [1.29, 1.82) is 5.26 Å². The maximum Gasteiger partial charge on any atom is 0.225 e. The molecule has 5 heterocycles. The van der Waals surface area contributed by atoms with E-state index in [2.05, 4.69) is 38.7 Å². The predicted molar refractivity (Wildman–Crippen MR) is 124 cm³/mol. The van der Waals surface area contributed by atoms with Crippen LogP contribution in [-0.2, 0) is 13.0 Å². The lowest BCUT2D eigenvalue weighted by molar-refractivity contribution is 0.0369. The smallest absolute Gasteiger partial charge is 0.225 e. The van der Waals surface area contributed by atoms with Crippen molar-refractivity contribution in [3.63, 3.8) is 0 Å². The first-order valence-electron chi connectivity index (χ1n) is 11.5. The Morgan fingerprint density at radius 3 is 2.84 bits per heavy atom. The number of aliphatic hydroxyl groups is 1. The normalized spacial score (nSPS) is 27.0. The number of hydrogen-bond acceptors (Lipinski definition) is 9. The van der Waals surface area contributed by atoms with Crippen LogP contribution in [0.4, 0.5) is 17.6 Å². The van der Waals surface area contributed by atoms with Gasteiger partial charge in [-0.3, -0.25) is 10.00 Å². The van der Waals surface area contributed by atoms with E-state index in [-0.39, 0.29) is 6.61 Å². The summed E-state index contributed by atoms with van der Waals surface area (Å²) in [7, 11) is 0. The minimum absolute atomic E-state index is 0.0788. The fourth-order valence-corrected chi connectivity index (χ4v) is 6.49. The Morgan fingerprint density at radius 1 is 1.31 bits per heavy atom. The zero-order valence-corrected chi connectivity index (χ0v) is 19.2. The largest absolute Gasteiger partial charge is 0.390 e. The molecular formula is C22H30N8OS. The highest BCUT2D eigenvalue weighted by Gasteiger charge is 2.38. The summed E-state index contributed by atoms with van der Waals surface area (Å²) in [6.45, 7) is 3.01. The van der Waals surface area contributed by atoms with Crippen molar-refractivity contribution in [2.75, 3.05) is 17.2 Å². The molecule has 5 rings (SSSR count). The average Bonchev–Trinajstić information content (AvgIpc) is 3.37. The zero-order chi connectivity index (χ0) is 22.1. The number of aromatic nitrogens is 4. The van der Waals surface area contributed by atoms with Crippen molar-refractivity contribution < 1.29 is 5.11 Å². The molecule has 4 N–H and O–H groups in total. The molecule has 0 radical (unpaired) electrons. The van der Waals surface area contributed by atoms with Gasteiger partial charge in [-0.25, -0.2) is 4.98 Å². The van der Waals surface area contributed by atoms with Crippen LogP contribution < -0.4 is 10.6 Å². The van der Waals surface area contributed by atoms with Crippen molar-refractivity contribution in [2.24, 2.45) is 0 Å². The van der Waals surface area contributed by atoms with E-state index in [0.717, 1.165) is 42.2 Å². The number of hydrogen-bond donors (Lipinski definition) is 4. The van der Waals surface area contributed by atoms with Gasteiger partial charge in [0.05, 0.1) is 29.0 Å². The van der Waals surface area contributed by atoms with Crippen LogP contribution in [0.1, 0.15) is 56.8 Å². The molecular weight excluding hydrogens is 424 g/mol. The number of rotatable bonds is 7. The Labute approximate surface area is 192 Å². The van der Waals surface area contributed by atoms with E-state index in [1.807, 2.05) is 0 Å². The summed E-state index contributed by atoms with van der Waals surface area (Å²) < 4.78 is 0. The van der Waals surface area contributed by atoms with Gasteiger partial charge in [0.2, 0.25) is 5.95 Å². The molecule has 0 aromatic carbocycles. The zero-order valence-electron chi connectivity index (χ0n) is 18.3. The SMILES string of the molecule is CC1Cc2nc(N[C@@H]3C[C@H]4CCC[C@@H](C3)N4CCC#N)nc(Nc3cc(CO)[nH]n3)c2S1. The van der Waals surface area contributed by atoms with E-state index in [4.69, 9.17) is 15.2 Å². The quantitative estimate of drug-likeness (QED) is 0.499. The molecule has 4 atom stereocenters. The number of nitrogens with zero attached hydrogens (tertiary/aromatic N) is 5. The van der Waals surface area contributed by atoms with Crippen molar-refractivity contribution in [1.82, 2.24) is 25.1 Å². The van der Waals surface area contributed by atoms with Gasteiger partial charge in [0.15, 0.2) is 11.6 Å². The number of nitriles is 1. The third kappa shape index (κ3) is 4.42. The lowest BCUT2D eigenvalue weighted by Crippen LogP contribution is -2.55. The molecule has 10 heteroatoms. The second-order valence-corrected chi connectivity index (χ2v) is 10.5. The van der Waals surface area contributed by atoms with Gasteiger partial charge >= 0.3 is 0 Å². The Balaban J connectivity index is 1.34. The monoisotopic (exact) mass is 454 g/mol. The fourth-order valence-electron chi connectivity index (χ4n) is 5.37. The maximum atomic E-state index is 9.31. The molecule has 2 bridgehead atoms. The summed E-state index contributed by atoms with van der Waals surface area (Å²) in [6.07, 6.45) is 7.35. The van der Waals surface area contributed by atoms with Crippen molar-refractivity contribution in [2.45, 2.75) is 86.7 Å². The van der Waals surface area contributed by atoms with Gasteiger partial charge in [-0.2, -0.15) is 15.3 Å². The van der Waals surface area contributed by atoms with Crippen LogP contribution in [-0.4, -0.2) is 60.1 Å². The molecule has 2 saturated heterocycles. The number of aromatic amines is 1. The molecule has 0 amide bonds. The number of nitrogens with one attached hydrogen (secondary N) is 3. The van der Waals surface area contributed by atoms with Crippen LogP contribution in [0, 0.1) is 11.3 Å². The molecule has 0 spiro atoms. The molecule has 2 aromatic rings. The Hall–Kier alpha value is -2.35. The second-order valence-electron chi connectivity index (χ2n) is 9.06. The number of piperidine rings is 2. The van der Waals surface area contributed by atoms with Gasteiger partial charge < -0.3 is 15.7 Å². The summed E-state index contributed by atoms with van der Waals surface area (Å²) in [5.41, 5.74) is 1.74. The number of aliphatic hydroxyl groups excluding tert-OH is 1. The topological polar surface area (TPSA) is 126 Å². The first-order chi connectivity index (χ1) is 15.6. The summed E-state index contributed by atoms with van der Waals surface area (Å²) in [5.74, 6) is 2.09. The maximum absolute atomic E-state index is 9.31. The first kappa shape index (κ1) is 21.5. The summed E-state index contributed by atoms with van der Waals surface area (Å²) in [4.78, 5) is 13.4. The predicted octanol–water partition coefficient (Wildman–Crippen LogP) is 3.18. The molecule has 170 valence electrons. The molecule has 3 aliphatic rings. The van der Waals surface area contributed by atoms with Crippen LogP contribution >= 0.6 is 11.8 Å². The fraction of sp³-hybridized carbons (Fsp3) is 0.636. The summed E-state index contributed by atoms with van der Waals surface area (Å²) in [6, 6.07) is 5.52. The third-order valence-corrected chi connectivity index (χ3v) is 7.96. The highest BCUT2D eigenvalue weighted by molar-refractivity contribution is 8.00.